The molecule has 0 aromatic carbocycles. The van der Waals surface area contributed by atoms with Gasteiger partial charge in [0.1, 0.15) is 6.10 Å². The molecule has 0 amide bonds. The summed E-state index contributed by atoms with van der Waals surface area (Å²) < 4.78 is 10.1. The lowest BCUT2D eigenvalue weighted by Crippen LogP contribution is -2.36. The normalized spacial score (nSPS) is 21.1. The Morgan fingerprint density at radius 1 is 1.32 bits per heavy atom. The molecule has 1 N–H and O–H groups in total. The predicted octanol–water partition coefficient (Wildman–Crippen LogP) is 2.09. The number of aryl methyl sites for hydroxylation is 3. The van der Waals surface area contributed by atoms with Gasteiger partial charge in [0, 0.05) is 37.6 Å². The third kappa shape index (κ3) is 3.17. The summed E-state index contributed by atoms with van der Waals surface area (Å²) >= 11 is 0. The van der Waals surface area contributed by atoms with E-state index in [9.17, 15) is 0 Å². The lowest BCUT2D eigenvalue weighted by molar-refractivity contribution is -0.00410. The molecular weight excluding hydrogens is 316 g/mol. The van der Waals surface area contributed by atoms with E-state index < -0.39 is 0 Å². The van der Waals surface area contributed by atoms with Gasteiger partial charge in [-0.2, -0.15) is 0 Å². The first-order valence-corrected chi connectivity index (χ1v) is 8.73. The van der Waals surface area contributed by atoms with Crippen molar-refractivity contribution in [3.8, 4) is 0 Å². The van der Waals surface area contributed by atoms with Gasteiger partial charge in [0.25, 0.3) is 0 Å². The second-order valence-corrected chi connectivity index (χ2v) is 6.81. The molecule has 0 unspecified atom stereocenters. The molecule has 7 nitrogen and oxygen atoms in total. The van der Waals surface area contributed by atoms with Gasteiger partial charge < -0.3 is 14.6 Å². The average Bonchev–Trinajstić information content (AvgIpc) is 3.19. The van der Waals surface area contributed by atoms with Gasteiger partial charge in [-0.25, -0.2) is 15.0 Å². The van der Waals surface area contributed by atoms with Gasteiger partial charge in [-0.1, -0.05) is 0 Å². The molecule has 1 fully saturated rings. The molecule has 1 aliphatic heterocycles. The van der Waals surface area contributed by atoms with Crippen LogP contribution < -0.4 is 5.32 Å². The monoisotopic (exact) mass is 340 g/mol. The summed E-state index contributed by atoms with van der Waals surface area (Å²) in [6.45, 7) is 5.63. The molecule has 2 atom stereocenters. The molecule has 3 aromatic rings. The van der Waals surface area contributed by atoms with Gasteiger partial charge in [-0.3, -0.25) is 4.40 Å². The van der Waals surface area contributed by atoms with Crippen LogP contribution in [0.1, 0.15) is 41.7 Å². The number of nitrogens with zero attached hydrogens (tertiary/aromatic N) is 5. The SMILES string of the molecule is Cc1cc(C)n2c(CN[C@H]3CCO[C@@H](c4cncn4C)C3)cnc2n1. The summed E-state index contributed by atoms with van der Waals surface area (Å²) in [7, 11) is 2.01. The highest BCUT2D eigenvalue weighted by atomic mass is 16.5. The maximum absolute atomic E-state index is 5.94. The van der Waals surface area contributed by atoms with Crippen LogP contribution in [0.15, 0.2) is 24.8 Å². The van der Waals surface area contributed by atoms with Crippen molar-refractivity contribution in [2.45, 2.75) is 45.4 Å². The smallest absolute Gasteiger partial charge is 0.234 e. The number of ether oxygens (including phenoxy) is 1. The van der Waals surface area contributed by atoms with Crippen LogP contribution in [-0.4, -0.2) is 36.6 Å². The Hall–Kier alpha value is -2.25. The van der Waals surface area contributed by atoms with Crippen LogP contribution in [0.5, 0.6) is 0 Å². The zero-order valence-corrected chi connectivity index (χ0v) is 14.9. The summed E-state index contributed by atoms with van der Waals surface area (Å²) in [4.78, 5) is 13.2. The van der Waals surface area contributed by atoms with Crippen molar-refractivity contribution in [2.75, 3.05) is 6.61 Å². The highest BCUT2D eigenvalue weighted by molar-refractivity contribution is 5.35. The molecule has 7 heteroatoms. The van der Waals surface area contributed by atoms with Crippen LogP contribution in [0.25, 0.3) is 5.78 Å². The van der Waals surface area contributed by atoms with Crippen LogP contribution in [0.2, 0.25) is 0 Å². The number of hydrogen-bond donors (Lipinski definition) is 1. The average molecular weight is 340 g/mol. The molecule has 1 aliphatic rings. The second-order valence-electron chi connectivity index (χ2n) is 6.81. The van der Waals surface area contributed by atoms with E-state index in [-0.39, 0.29) is 6.10 Å². The van der Waals surface area contributed by atoms with Gasteiger partial charge in [0.2, 0.25) is 5.78 Å². The van der Waals surface area contributed by atoms with Gasteiger partial charge in [-0.05, 0) is 32.8 Å². The molecule has 3 aromatic heterocycles. The van der Waals surface area contributed by atoms with E-state index in [2.05, 4.69) is 37.7 Å². The molecule has 1 saturated heterocycles. The highest BCUT2D eigenvalue weighted by Gasteiger charge is 2.25. The van der Waals surface area contributed by atoms with E-state index >= 15 is 0 Å². The minimum Gasteiger partial charge on any atom is -0.372 e. The van der Waals surface area contributed by atoms with Crippen LogP contribution >= 0.6 is 0 Å². The highest BCUT2D eigenvalue weighted by Crippen LogP contribution is 2.27. The zero-order valence-electron chi connectivity index (χ0n) is 14.9. The maximum atomic E-state index is 5.94. The molecule has 0 aliphatic carbocycles. The first-order chi connectivity index (χ1) is 12.1. The Balaban J connectivity index is 1.46. The number of nitrogens with one attached hydrogen (secondary N) is 1. The summed E-state index contributed by atoms with van der Waals surface area (Å²) in [6.07, 6.45) is 7.71. The van der Waals surface area contributed by atoms with Crippen molar-refractivity contribution in [1.82, 2.24) is 29.2 Å². The Morgan fingerprint density at radius 3 is 3.00 bits per heavy atom. The lowest BCUT2D eigenvalue weighted by atomic mass is 10.0. The first-order valence-electron chi connectivity index (χ1n) is 8.73. The summed E-state index contributed by atoms with van der Waals surface area (Å²) in [5, 5.41) is 3.67. The molecule has 132 valence electrons. The predicted molar refractivity (Wildman–Crippen MR) is 94.2 cm³/mol. The number of rotatable bonds is 4. The van der Waals surface area contributed by atoms with E-state index in [0.29, 0.717) is 6.04 Å². The summed E-state index contributed by atoms with van der Waals surface area (Å²) in [5.74, 6) is 0.772. The van der Waals surface area contributed by atoms with Crippen molar-refractivity contribution in [3.05, 3.63) is 47.6 Å². The van der Waals surface area contributed by atoms with Gasteiger partial charge in [0.05, 0.1) is 30.1 Å². The zero-order chi connectivity index (χ0) is 17.4. The Morgan fingerprint density at radius 2 is 2.20 bits per heavy atom. The molecule has 25 heavy (non-hydrogen) atoms. The molecule has 0 radical (unpaired) electrons. The Bertz CT molecular complexity index is 883. The number of fused-ring (bicyclic) bond motifs is 1. The number of aromatic nitrogens is 5. The van der Waals surface area contributed by atoms with E-state index in [1.54, 1.807) is 0 Å². The summed E-state index contributed by atoms with van der Waals surface area (Å²) in [6, 6.07) is 2.50. The minimum atomic E-state index is 0.104. The summed E-state index contributed by atoms with van der Waals surface area (Å²) in [5.41, 5.74) is 4.44. The lowest BCUT2D eigenvalue weighted by Gasteiger charge is -2.30. The van der Waals surface area contributed by atoms with E-state index in [4.69, 9.17) is 4.74 Å². The van der Waals surface area contributed by atoms with Crippen LogP contribution in [0, 0.1) is 13.8 Å². The standard InChI is InChI=1S/C18H24N6O/c1-12-6-13(2)24-15(9-21-18(24)22-12)8-20-14-4-5-25-17(7-14)16-10-19-11-23(16)3/h6,9-11,14,17,20H,4-5,7-8H2,1-3H3/t14-,17+/m0/s1. The van der Waals surface area contributed by atoms with Crippen molar-refractivity contribution in [1.29, 1.82) is 0 Å². The van der Waals surface area contributed by atoms with Gasteiger partial charge in [-0.15, -0.1) is 0 Å². The number of imidazole rings is 2. The maximum Gasteiger partial charge on any atom is 0.234 e. The fraction of sp³-hybridized carbons (Fsp3) is 0.500. The topological polar surface area (TPSA) is 69.3 Å². The molecule has 0 bridgehead atoms. The molecular formula is C18H24N6O. The Kier molecular flexibility index (Phi) is 4.27. The van der Waals surface area contributed by atoms with E-state index in [1.807, 2.05) is 37.3 Å². The number of hydrogen-bond acceptors (Lipinski definition) is 5. The van der Waals surface area contributed by atoms with E-state index in [0.717, 1.165) is 54.5 Å². The largest absolute Gasteiger partial charge is 0.372 e. The van der Waals surface area contributed by atoms with Gasteiger partial charge in [0.15, 0.2) is 0 Å². The molecule has 4 heterocycles. The molecule has 0 saturated carbocycles. The fourth-order valence-corrected chi connectivity index (χ4v) is 3.64. The third-order valence-electron chi connectivity index (χ3n) is 4.90. The fourth-order valence-electron chi connectivity index (χ4n) is 3.64. The van der Waals surface area contributed by atoms with Crippen LogP contribution in [0.4, 0.5) is 0 Å². The van der Waals surface area contributed by atoms with Gasteiger partial charge >= 0.3 is 0 Å². The minimum absolute atomic E-state index is 0.104. The molecule has 0 spiro atoms. The van der Waals surface area contributed by atoms with Crippen molar-refractivity contribution in [2.24, 2.45) is 7.05 Å². The molecule has 4 rings (SSSR count). The van der Waals surface area contributed by atoms with Crippen molar-refractivity contribution < 1.29 is 4.74 Å². The quantitative estimate of drug-likeness (QED) is 0.787. The van der Waals surface area contributed by atoms with Crippen molar-refractivity contribution >= 4 is 5.78 Å². The van der Waals surface area contributed by atoms with E-state index in [1.165, 1.54) is 0 Å². The van der Waals surface area contributed by atoms with Crippen LogP contribution in [0.3, 0.4) is 0 Å². The second kappa shape index (κ2) is 6.57. The Labute approximate surface area is 147 Å². The third-order valence-corrected chi connectivity index (χ3v) is 4.90. The first kappa shape index (κ1) is 16.2. The van der Waals surface area contributed by atoms with Crippen molar-refractivity contribution in [3.63, 3.8) is 0 Å². The van der Waals surface area contributed by atoms with Crippen LogP contribution in [-0.2, 0) is 18.3 Å².